The summed E-state index contributed by atoms with van der Waals surface area (Å²) < 4.78 is 0. The summed E-state index contributed by atoms with van der Waals surface area (Å²) in [5, 5.41) is 3.69. The molecule has 0 saturated heterocycles. The molecule has 3 aromatic rings. The van der Waals surface area contributed by atoms with Crippen molar-refractivity contribution in [2.45, 2.75) is 26.3 Å². The maximum absolute atomic E-state index is 3.69. The lowest BCUT2D eigenvalue weighted by Crippen LogP contribution is -2.07. The van der Waals surface area contributed by atoms with Crippen molar-refractivity contribution in [1.29, 1.82) is 0 Å². The van der Waals surface area contributed by atoms with Gasteiger partial charge in [-0.1, -0.05) is 60.2 Å². The van der Waals surface area contributed by atoms with E-state index < -0.39 is 0 Å². The highest BCUT2D eigenvalue weighted by atomic mass is 14.9. The van der Waals surface area contributed by atoms with Gasteiger partial charge in [0.05, 0.1) is 6.04 Å². The van der Waals surface area contributed by atoms with Crippen LogP contribution in [0.1, 0.15) is 28.3 Å². The second-order valence-electron chi connectivity index (χ2n) is 6.50. The Labute approximate surface area is 138 Å². The SMILES string of the molecule is Cc1ccc(C2Cc3cc(-c4ccccc4)ccc3N2)c(C)c1. The van der Waals surface area contributed by atoms with Gasteiger partial charge < -0.3 is 5.32 Å². The van der Waals surface area contributed by atoms with Gasteiger partial charge in [-0.05, 0) is 60.2 Å². The van der Waals surface area contributed by atoms with Crippen LogP contribution in [0.2, 0.25) is 0 Å². The lowest BCUT2D eigenvalue weighted by molar-refractivity contribution is 0.816. The van der Waals surface area contributed by atoms with Crippen molar-refractivity contribution < 1.29 is 0 Å². The van der Waals surface area contributed by atoms with Crippen LogP contribution < -0.4 is 5.32 Å². The lowest BCUT2D eigenvalue weighted by Gasteiger charge is -2.15. The molecule has 0 fully saturated rings. The standard InChI is InChI=1S/C22H21N/c1-15-8-10-20(16(2)12-15)22-14-19-13-18(9-11-21(19)23-22)17-6-4-3-5-7-17/h3-13,22-23H,14H2,1-2H3. The zero-order valence-electron chi connectivity index (χ0n) is 13.6. The Morgan fingerprint density at radius 3 is 2.43 bits per heavy atom. The minimum absolute atomic E-state index is 0.386. The summed E-state index contributed by atoms with van der Waals surface area (Å²) in [6, 6.07) is 24.5. The first-order valence-electron chi connectivity index (χ1n) is 8.23. The van der Waals surface area contributed by atoms with Crippen LogP contribution >= 0.6 is 0 Å². The molecule has 1 N–H and O–H groups in total. The molecule has 114 valence electrons. The zero-order chi connectivity index (χ0) is 15.8. The zero-order valence-corrected chi connectivity index (χ0v) is 13.6. The lowest BCUT2D eigenvalue weighted by atomic mass is 9.96. The molecule has 1 aliphatic heterocycles. The maximum Gasteiger partial charge on any atom is 0.0557 e. The summed E-state index contributed by atoms with van der Waals surface area (Å²) in [6.07, 6.45) is 1.06. The second-order valence-corrected chi connectivity index (χ2v) is 6.50. The van der Waals surface area contributed by atoms with Gasteiger partial charge in [0.15, 0.2) is 0 Å². The van der Waals surface area contributed by atoms with Crippen LogP contribution in [0.3, 0.4) is 0 Å². The van der Waals surface area contributed by atoms with E-state index in [1.165, 1.54) is 39.1 Å². The van der Waals surface area contributed by atoms with E-state index in [1.54, 1.807) is 0 Å². The fourth-order valence-corrected chi connectivity index (χ4v) is 3.58. The largest absolute Gasteiger partial charge is 0.378 e. The van der Waals surface area contributed by atoms with Crippen LogP contribution in [0.25, 0.3) is 11.1 Å². The molecule has 1 nitrogen and oxygen atoms in total. The Balaban J connectivity index is 1.65. The predicted octanol–water partition coefficient (Wildman–Crippen LogP) is 5.68. The van der Waals surface area contributed by atoms with Crippen LogP contribution in [0.15, 0.2) is 66.7 Å². The number of hydrogen-bond acceptors (Lipinski definition) is 1. The molecule has 0 aromatic heterocycles. The predicted molar refractivity (Wildman–Crippen MR) is 97.9 cm³/mol. The van der Waals surface area contributed by atoms with Crippen LogP contribution in [0.5, 0.6) is 0 Å². The maximum atomic E-state index is 3.69. The monoisotopic (exact) mass is 299 g/mol. The first-order valence-corrected chi connectivity index (χ1v) is 8.23. The molecule has 0 amide bonds. The van der Waals surface area contributed by atoms with Crippen LogP contribution in [0, 0.1) is 13.8 Å². The minimum atomic E-state index is 0.386. The highest BCUT2D eigenvalue weighted by molar-refractivity contribution is 5.70. The Morgan fingerprint density at radius 2 is 1.65 bits per heavy atom. The van der Waals surface area contributed by atoms with Crippen LogP contribution in [0.4, 0.5) is 5.69 Å². The van der Waals surface area contributed by atoms with Crippen molar-refractivity contribution in [2.24, 2.45) is 0 Å². The summed E-state index contributed by atoms with van der Waals surface area (Å²) in [4.78, 5) is 0. The van der Waals surface area contributed by atoms with Gasteiger partial charge in [0.25, 0.3) is 0 Å². The summed E-state index contributed by atoms with van der Waals surface area (Å²) in [5.74, 6) is 0. The van der Waals surface area contributed by atoms with E-state index in [1.807, 2.05) is 0 Å². The van der Waals surface area contributed by atoms with E-state index in [4.69, 9.17) is 0 Å². The number of aryl methyl sites for hydroxylation is 2. The number of anilines is 1. The second kappa shape index (κ2) is 5.58. The molecule has 3 aromatic carbocycles. The topological polar surface area (TPSA) is 12.0 Å². The number of rotatable bonds is 2. The smallest absolute Gasteiger partial charge is 0.0557 e. The summed E-state index contributed by atoms with van der Waals surface area (Å²) in [5.41, 5.74) is 9.38. The molecule has 1 atom stereocenters. The van der Waals surface area contributed by atoms with Gasteiger partial charge in [0, 0.05) is 5.69 Å². The first-order chi connectivity index (χ1) is 11.2. The van der Waals surface area contributed by atoms with E-state index in [0.717, 1.165) is 6.42 Å². The summed E-state index contributed by atoms with van der Waals surface area (Å²) >= 11 is 0. The van der Waals surface area contributed by atoms with Crippen molar-refractivity contribution in [2.75, 3.05) is 5.32 Å². The van der Waals surface area contributed by atoms with E-state index in [0.29, 0.717) is 6.04 Å². The highest BCUT2D eigenvalue weighted by Gasteiger charge is 2.23. The van der Waals surface area contributed by atoms with Gasteiger partial charge in [-0.15, -0.1) is 0 Å². The number of hydrogen-bond donors (Lipinski definition) is 1. The Morgan fingerprint density at radius 1 is 0.826 bits per heavy atom. The van der Waals surface area contributed by atoms with Crippen molar-refractivity contribution >= 4 is 5.69 Å². The fourth-order valence-electron chi connectivity index (χ4n) is 3.58. The molecule has 0 aliphatic carbocycles. The minimum Gasteiger partial charge on any atom is -0.378 e. The molecule has 0 bridgehead atoms. The van der Waals surface area contributed by atoms with Crippen LogP contribution in [-0.2, 0) is 6.42 Å². The van der Waals surface area contributed by atoms with E-state index in [9.17, 15) is 0 Å². The average molecular weight is 299 g/mol. The van der Waals surface area contributed by atoms with Gasteiger partial charge in [0.2, 0.25) is 0 Å². The van der Waals surface area contributed by atoms with Gasteiger partial charge in [-0.3, -0.25) is 0 Å². The van der Waals surface area contributed by atoms with Gasteiger partial charge >= 0.3 is 0 Å². The van der Waals surface area contributed by atoms with E-state index in [2.05, 4.69) is 85.9 Å². The van der Waals surface area contributed by atoms with Crippen molar-refractivity contribution in [3.05, 3.63) is 89.0 Å². The molecule has 1 aliphatic rings. The molecular weight excluding hydrogens is 278 g/mol. The molecule has 0 radical (unpaired) electrons. The average Bonchev–Trinajstić information content (AvgIpc) is 2.98. The normalized spacial score (nSPS) is 16.0. The number of nitrogens with one attached hydrogen (secondary N) is 1. The molecular formula is C22H21N. The fraction of sp³-hybridized carbons (Fsp3) is 0.182. The van der Waals surface area contributed by atoms with Crippen LogP contribution in [-0.4, -0.2) is 0 Å². The van der Waals surface area contributed by atoms with E-state index >= 15 is 0 Å². The Bertz CT molecular complexity index is 849. The van der Waals surface area contributed by atoms with Crippen molar-refractivity contribution in [3.8, 4) is 11.1 Å². The van der Waals surface area contributed by atoms with Crippen molar-refractivity contribution in [3.63, 3.8) is 0 Å². The first kappa shape index (κ1) is 14.1. The Kier molecular flexibility index (Phi) is 3.42. The third kappa shape index (κ3) is 2.63. The van der Waals surface area contributed by atoms with Gasteiger partial charge in [-0.25, -0.2) is 0 Å². The highest BCUT2D eigenvalue weighted by Crippen LogP contribution is 2.37. The third-order valence-corrected chi connectivity index (χ3v) is 4.77. The quantitative estimate of drug-likeness (QED) is 0.642. The molecule has 1 heteroatoms. The number of fused-ring (bicyclic) bond motifs is 1. The molecule has 4 rings (SSSR count). The molecule has 0 saturated carbocycles. The summed E-state index contributed by atoms with van der Waals surface area (Å²) in [7, 11) is 0. The third-order valence-electron chi connectivity index (χ3n) is 4.77. The number of benzene rings is 3. The molecule has 0 spiro atoms. The molecule has 23 heavy (non-hydrogen) atoms. The van der Waals surface area contributed by atoms with Crippen molar-refractivity contribution in [1.82, 2.24) is 0 Å². The summed E-state index contributed by atoms with van der Waals surface area (Å²) in [6.45, 7) is 4.36. The van der Waals surface area contributed by atoms with Gasteiger partial charge in [0.1, 0.15) is 0 Å². The Hall–Kier alpha value is -2.54. The van der Waals surface area contributed by atoms with Gasteiger partial charge in [-0.2, -0.15) is 0 Å². The molecule has 1 heterocycles. The molecule has 1 unspecified atom stereocenters. The van der Waals surface area contributed by atoms with E-state index in [-0.39, 0.29) is 0 Å².